The van der Waals surface area contributed by atoms with Crippen molar-refractivity contribution in [1.29, 1.82) is 0 Å². The quantitative estimate of drug-likeness (QED) is 0.184. The number of fused-ring (bicyclic) bond motifs is 4. The van der Waals surface area contributed by atoms with Crippen LogP contribution in [-0.4, -0.2) is 22.6 Å². The molecule has 0 unspecified atom stereocenters. The molecule has 2 heterocycles. The van der Waals surface area contributed by atoms with Crippen LogP contribution in [0.3, 0.4) is 0 Å². The van der Waals surface area contributed by atoms with E-state index in [9.17, 15) is 0 Å². The lowest BCUT2D eigenvalue weighted by molar-refractivity contribution is -0.657. The Balaban J connectivity index is 1.76. The van der Waals surface area contributed by atoms with Crippen molar-refractivity contribution < 1.29 is 8.98 Å². The zero-order valence-electron chi connectivity index (χ0n) is 18.8. The number of azo groups is 1. The lowest BCUT2D eigenvalue weighted by Crippen LogP contribution is -2.29. The maximum absolute atomic E-state index is 6.36. The minimum Gasteiger partial charge on any atom is -0.452 e. The molecule has 1 aliphatic carbocycles. The molecule has 160 valence electrons. The molecular weight excluding hydrogens is 400 g/mol. The summed E-state index contributed by atoms with van der Waals surface area (Å²) in [4.78, 5) is 4.94. The number of hydrogen-bond acceptors (Lipinski definition) is 4. The number of aromatic nitrogens is 3. The van der Waals surface area contributed by atoms with E-state index >= 15 is 0 Å². The molecule has 32 heavy (non-hydrogen) atoms. The molecule has 0 bridgehead atoms. The molecule has 5 rings (SSSR count). The van der Waals surface area contributed by atoms with Gasteiger partial charge in [0.15, 0.2) is 11.3 Å². The van der Waals surface area contributed by atoms with Gasteiger partial charge in [-0.15, -0.1) is 0 Å². The monoisotopic (exact) mass is 426 g/mol. The number of benzene rings is 3. The fourth-order valence-corrected chi connectivity index (χ4v) is 4.11. The van der Waals surface area contributed by atoms with Crippen molar-refractivity contribution in [3.63, 3.8) is 0 Å². The van der Waals surface area contributed by atoms with Gasteiger partial charge in [0, 0.05) is 28.0 Å². The molecule has 3 aromatic rings. The van der Waals surface area contributed by atoms with Crippen LogP contribution in [0.4, 0.5) is 11.6 Å². The predicted octanol–water partition coefficient (Wildman–Crippen LogP) is 4.48. The minimum atomic E-state index is 0.693. The minimum absolute atomic E-state index is 0.693. The van der Waals surface area contributed by atoms with Gasteiger partial charge in [-0.1, -0.05) is 29.4 Å². The van der Waals surface area contributed by atoms with Crippen LogP contribution in [0, 0.1) is 0 Å². The van der Waals surface area contributed by atoms with Crippen molar-refractivity contribution in [1.82, 2.24) is 14.1 Å². The Morgan fingerprint density at radius 1 is 1.03 bits per heavy atom. The van der Waals surface area contributed by atoms with Gasteiger partial charge >= 0.3 is 5.95 Å². The van der Waals surface area contributed by atoms with E-state index in [0.29, 0.717) is 5.58 Å². The molecule has 0 atom stereocenters. The molecule has 2 aliphatic rings. The molecule has 2 aromatic carbocycles. The highest BCUT2D eigenvalue weighted by atomic mass is 16.3. The average molecular weight is 427 g/mol. The van der Waals surface area contributed by atoms with E-state index in [1.165, 1.54) is 0 Å². The van der Waals surface area contributed by atoms with E-state index in [0.717, 1.165) is 57.8 Å². The van der Waals surface area contributed by atoms with Gasteiger partial charge < -0.3 is 4.42 Å². The zero-order valence-corrected chi connectivity index (χ0v) is 18.8. The third kappa shape index (κ3) is 3.36. The first-order valence-corrected chi connectivity index (χ1v) is 10.9. The lowest BCUT2D eigenvalue weighted by atomic mass is 10.1. The molecule has 0 amide bonds. The van der Waals surface area contributed by atoms with Gasteiger partial charge in [-0.3, -0.25) is 0 Å². The topological polar surface area (TPSA) is 62.6 Å². The van der Waals surface area contributed by atoms with E-state index in [4.69, 9.17) is 9.40 Å². The molecule has 1 aliphatic heterocycles. The molecule has 0 saturated carbocycles. The second-order valence-electron chi connectivity index (χ2n) is 7.85. The summed E-state index contributed by atoms with van der Waals surface area (Å²) in [7, 11) is 3.90. The van der Waals surface area contributed by atoms with E-state index in [1.54, 1.807) is 0 Å². The molecule has 0 N–H and O–H groups in total. The normalized spacial score (nSPS) is 11.9. The maximum atomic E-state index is 6.36. The Kier molecular flexibility index (Phi) is 5.01. The van der Waals surface area contributed by atoms with Crippen LogP contribution in [0.15, 0.2) is 75.6 Å². The molecule has 7 heteroatoms. The van der Waals surface area contributed by atoms with Crippen LogP contribution in [0.1, 0.15) is 13.8 Å². The van der Waals surface area contributed by atoms with Gasteiger partial charge in [-0.05, 0) is 19.9 Å². The van der Waals surface area contributed by atoms with E-state index in [-0.39, 0.29) is 0 Å². The van der Waals surface area contributed by atoms with Crippen LogP contribution in [0.2, 0.25) is 0 Å². The molecule has 0 fully saturated rings. The van der Waals surface area contributed by atoms with E-state index in [1.807, 2.05) is 66.0 Å². The summed E-state index contributed by atoms with van der Waals surface area (Å²) in [6.45, 7) is 6.18. The van der Waals surface area contributed by atoms with Crippen LogP contribution in [0.5, 0.6) is 0 Å². The fourth-order valence-electron chi connectivity index (χ4n) is 4.11. The third-order valence-electron chi connectivity index (χ3n) is 5.88. The van der Waals surface area contributed by atoms with Crippen molar-refractivity contribution in [3.05, 3.63) is 66.3 Å². The van der Waals surface area contributed by atoms with E-state index < -0.39 is 0 Å². The number of imidazole rings is 1. The average Bonchev–Trinajstić information content (AvgIpc) is 3.14. The van der Waals surface area contributed by atoms with Crippen LogP contribution in [-0.2, 0) is 14.1 Å². The summed E-state index contributed by atoms with van der Waals surface area (Å²) < 4.78 is 12.5. The summed E-state index contributed by atoms with van der Waals surface area (Å²) in [5.74, 6) is 1.51. The van der Waals surface area contributed by atoms with Crippen molar-refractivity contribution in [2.24, 2.45) is 24.3 Å². The molecule has 0 radical (unpaired) electrons. The Bertz CT molecular complexity index is 1500. The van der Waals surface area contributed by atoms with Crippen molar-refractivity contribution in [2.75, 3.05) is 13.1 Å². The van der Waals surface area contributed by atoms with Gasteiger partial charge in [0.25, 0.3) is 0 Å². The Morgan fingerprint density at radius 2 is 1.81 bits per heavy atom. The highest BCUT2D eigenvalue weighted by Crippen LogP contribution is 2.35. The highest BCUT2D eigenvalue weighted by molar-refractivity contribution is 6.09. The number of hydrogen-bond donors (Lipinski definition) is 0. The third-order valence-corrected chi connectivity index (χ3v) is 5.88. The molecule has 0 spiro atoms. The SMILES string of the molecule is CC[N+](CC)=c1ccc2nc3c(cc(/N=N/c4n(C)cc[n+]4C)c4ccccc43)oc-2c1. The summed E-state index contributed by atoms with van der Waals surface area (Å²) in [5.41, 5.74) is 3.10. The largest absolute Gasteiger partial charge is 0.452 e. The summed E-state index contributed by atoms with van der Waals surface area (Å²) in [6.07, 6.45) is 3.90. The first kappa shape index (κ1) is 20.1. The maximum Gasteiger partial charge on any atom is 0.421 e. The van der Waals surface area contributed by atoms with Gasteiger partial charge in [-0.25, -0.2) is 18.7 Å². The number of aryl methyl sites for hydroxylation is 2. The molecule has 7 nitrogen and oxygen atoms in total. The summed E-state index contributed by atoms with van der Waals surface area (Å²) in [6, 6.07) is 16.2. The van der Waals surface area contributed by atoms with Crippen LogP contribution in [0.25, 0.3) is 33.3 Å². The Labute approximate surface area is 186 Å². The smallest absolute Gasteiger partial charge is 0.421 e. The standard InChI is InChI=1S/C25H26N6O/c1-5-31(6-2)17-11-12-20-22(15-17)32-23-16-21(27-28-25-29(3)13-14-30(25)4)18-9-7-8-10-19(18)24(23)26-20/h7-16H,5-6H2,1-4H3/q+2. The Hall–Kier alpha value is -3.87. The van der Waals surface area contributed by atoms with Gasteiger partial charge in [-0.2, -0.15) is 0 Å². The number of nitrogens with zero attached hydrogens (tertiary/aromatic N) is 6. The zero-order chi connectivity index (χ0) is 22.2. The second-order valence-corrected chi connectivity index (χ2v) is 7.85. The van der Waals surface area contributed by atoms with Gasteiger partial charge in [0.1, 0.15) is 30.0 Å². The van der Waals surface area contributed by atoms with E-state index in [2.05, 4.69) is 46.9 Å². The van der Waals surface area contributed by atoms with Crippen LogP contribution >= 0.6 is 0 Å². The molecule has 1 aromatic heterocycles. The van der Waals surface area contributed by atoms with Gasteiger partial charge in [0.05, 0.1) is 32.6 Å². The summed E-state index contributed by atoms with van der Waals surface area (Å²) >= 11 is 0. The first-order chi connectivity index (χ1) is 15.6. The predicted molar refractivity (Wildman–Crippen MR) is 125 cm³/mol. The number of rotatable bonds is 4. The van der Waals surface area contributed by atoms with Gasteiger partial charge in [0.2, 0.25) is 5.36 Å². The lowest BCUT2D eigenvalue weighted by Gasteiger charge is -2.09. The van der Waals surface area contributed by atoms with Crippen molar-refractivity contribution in [2.45, 2.75) is 13.8 Å². The fraction of sp³-hybridized carbons (Fsp3) is 0.240. The highest BCUT2D eigenvalue weighted by Gasteiger charge is 2.17. The van der Waals surface area contributed by atoms with Crippen molar-refractivity contribution >= 4 is 33.5 Å². The molecular formula is C25H26N6O+2. The summed E-state index contributed by atoms with van der Waals surface area (Å²) in [5, 5.41) is 12.2. The second kappa shape index (κ2) is 8.00. The Morgan fingerprint density at radius 3 is 2.53 bits per heavy atom. The first-order valence-electron chi connectivity index (χ1n) is 10.9. The van der Waals surface area contributed by atoms with Crippen LogP contribution < -0.4 is 14.5 Å². The van der Waals surface area contributed by atoms with Crippen molar-refractivity contribution in [3.8, 4) is 11.5 Å². The molecule has 0 saturated heterocycles.